The summed E-state index contributed by atoms with van der Waals surface area (Å²) in [5.74, 6) is 0.551. The number of methoxy groups -OCH3 is 1. The van der Waals surface area contributed by atoms with E-state index in [2.05, 4.69) is 11.8 Å². The van der Waals surface area contributed by atoms with Crippen LogP contribution in [0.25, 0.3) is 0 Å². The van der Waals surface area contributed by atoms with Crippen molar-refractivity contribution in [3.05, 3.63) is 35.9 Å². The van der Waals surface area contributed by atoms with Crippen LogP contribution >= 0.6 is 0 Å². The van der Waals surface area contributed by atoms with Gasteiger partial charge < -0.3 is 9.64 Å². The van der Waals surface area contributed by atoms with E-state index in [-0.39, 0.29) is 11.9 Å². The van der Waals surface area contributed by atoms with Gasteiger partial charge in [0.2, 0.25) is 0 Å². The van der Waals surface area contributed by atoms with Crippen molar-refractivity contribution >= 4 is 5.97 Å². The third-order valence-corrected chi connectivity index (χ3v) is 4.65. The second-order valence-electron chi connectivity index (χ2n) is 5.99. The number of carbonyl (C=O) groups excluding carboxylic acids is 1. The van der Waals surface area contributed by atoms with Crippen molar-refractivity contribution in [2.75, 3.05) is 26.7 Å². The van der Waals surface area contributed by atoms with Gasteiger partial charge in [-0.05, 0) is 43.8 Å². The summed E-state index contributed by atoms with van der Waals surface area (Å²) >= 11 is 0. The van der Waals surface area contributed by atoms with Gasteiger partial charge in [-0.2, -0.15) is 0 Å². The fourth-order valence-corrected chi connectivity index (χ4v) is 3.22. The number of hydrogen-bond donors (Lipinski definition) is 0. The van der Waals surface area contributed by atoms with Gasteiger partial charge in [0, 0.05) is 6.54 Å². The molecule has 21 heavy (non-hydrogen) atoms. The molecule has 0 spiro atoms. The zero-order valence-electron chi connectivity index (χ0n) is 13.3. The molecule has 1 aliphatic rings. The first-order valence-corrected chi connectivity index (χ1v) is 8.09. The minimum atomic E-state index is -0.172. The fraction of sp³-hybridized carbons (Fsp3) is 0.611. The molecule has 2 rings (SSSR count). The summed E-state index contributed by atoms with van der Waals surface area (Å²) in [5, 5.41) is 0. The highest BCUT2D eigenvalue weighted by atomic mass is 16.5. The average molecular weight is 289 g/mol. The molecule has 3 heteroatoms. The van der Waals surface area contributed by atoms with Crippen LogP contribution in [0.4, 0.5) is 0 Å². The van der Waals surface area contributed by atoms with E-state index in [0.29, 0.717) is 0 Å². The van der Waals surface area contributed by atoms with Gasteiger partial charge >= 0.3 is 5.97 Å². The molecule has 2 atom stereocenters. The molecule has 3 nitrogen and oxygen atoms in total. The van der Waals surface area contributed by atoms with Crippen LogP contribution in [0.5, 0.6) is 0 Å². The molecule has 1 heterocycles. The Hall–Kier alpha value is -1.35. The van der Waals surface area contributed by atoms with E-state index in [1.54, 1.807) is 0 Å². The smallest absolute Gasteiger partial charge is 0.314 e. The second kappa shape index (κ2) is 8.18. The first kappa shape index (κ1) is 16.0. The van der Waals surface area contributed by atoms with Crippen molar-refractivity contribution in [2.24, 2.45) is 5.92 Å². The molecule has 0 N–H and O–H groups in total. The van der Waals surface area contributed by atoms with Gasteiger partial charge in [-0.25, -0.2) is 0 Å². The summed E-state index contributed by atoms with van der Waals surface area (Å²) in [5.41, 5.74) is 1.06. The number of hydrogen-bond acceptors (Lipinski definition) is 3. The zero-order valence-corrected chi connectivity index (χ0v) is 13.3. The number of nitrogens with zero attached hydrogens (tertiary/aromatic N) is 1. The van der Waals surface area contributed by atoms with Crippen molar-refractivity contribution in [1.29, 1.82) is 0 Å². The Bertz CT molecular complexity index is 432. The number of benzene rings is 1. The Balaban J connectivity index is 2.03. The predicted octanol–water partition coefficient (Wildman–Crippen LogP) is 3.46. The van der Waals surface area contributed by atoms with Gasteiger partial charge in [-0.3, -0.25) is 4.79 Å². The Morgan fingerprint density at radius 1 is 1.29 bits per heavy atom. The van der Waals surface area contributed by atoms with Crippen molar-refractivity contribution in [1.82, 2.24) is 4.90 Å². The number of esters is 1. The molecule has 0 aliphatic carbocycles. The molecule has 0 aromatic heterocycles. The van der Waals surface area contributed by atoms with Crippen LogP contribution in [0.15, 0.2) is 30.3 Å². The van der Waals surface area contributed by atoms with Gasteiger partial charge in [0.25, 0.3) is 0 Å². The lowest BCUT2D eigenvalue weighted by atomic mass is 9.98. The van der Waals surface area contributed by atoms with Crippen molar-refractivity contribution in [3.8, 4) is 0 Å². The fourth-order valence-electron chi connectivity index (χ4n) is 3.22. The van der Waals surface area contributed by atoms with E-state index in [9.17, 15) is 4.79 Å². The number of ether oxygens (including phenoxy) is 1. The molecule has 1 aromatic carbocycles. The van der Waals surface area contributed by atoms with Crippen LogP contribution in [-0.4, -0.2) is 37.6 Å². The van der Waals surface area contributed by atoms with Crippen LogP contribution < -0.4 is 0 Å². The highest BCUT2D eigenvalue weighted by Gasteiger charge is 2.25. The monoisotopic (exact) mass is 289 g/mol. The summed E-state index contributed by atoms with van der Waals surface area (Å²) in [7, 11) is 1.48. The topological polar surface area (TPSA) is 29.5 Å². The van der Waals surface area contributed by atoms with Crippen molar-refractivity contribution < 1.29 is 9.53 Å². The molecule has 0 saturated carbocycles. The molecule has 116 valence electrons. The maximum Gasteiger partial charge on any atom is 0.314 e. The van der Waals surface area contributed by atoms with E-state index in [1.807, 2.05) is 30.3 Å². The number of carbonyl (C=O) groups is 1. The Morgan fingerprint density at radius 3 is 2.71 bits per heavy atom. The van der Waals surface area contributed by atoms with Crippen LogP contribution in [0.3, 0.4) is 0 Å². The molecule has 1 fully saturated rings. The summed E-state index contributed by atoms with van der Waals surface area (Å²) in [4.78, 5) is 14.6. The third kappa shape index (κ3) is 4.57. The summed E-state index contributed by atoms with van der Waals surface area (Å²) < 4.78 is 5.02. The average Bonchev–Trinajstić information content (AvgIpc) is 2.77. The summed E-state index contributed by atoms with van der Waals surface area (Å²) in [6.45, 7) is 5.24. The van der Waals surface area contributed by atoms with E-state index in [0.717, 1.165) is 31.1 Å². The zero-order chi connectivity index (χ0) is 15.1. The van der Waals surface area contributed by atoms with Gasteiger partial charge in [0.1, 0.15) is 0 Å². The SMILES string of the molecule is CCC1CCCN(CC(C(=O)OC)c2ccccc2)CC1. The first-order valence-electron chi connectivity index (χ1n) is 8.09. The molecule has 1 saturated heterocycles. The van der Waals surface area contributed by atoms with E-state index >= 15 is 0 Å². The molecule has 0 radical (unpaired) electrons. The van der Waals surface area contributed by atoms with Crippen LogP contribution in [0, 0.1) is 5.92 Å². The Morgan fingerprint density at radius 2 is 2.05 bits per heavy atom. The quantitative estimate of drug-likeness (QED) is 0.778. The largest absolute Gasteiger partial charge is 0.469 e. The maximum absolute atomic E-state index is 12.1. The lowest BCUT2D eigenvalue weighted by Gasteiger charge is -2.25. The standard InChI is InChI=1S/C18H27NO2/c1-3-15-8-7-12-19(13-11-15)14-17(18(20)21-2)16-9-5-4-6-10-16/h4-6,9-10,15,17H,3,7-8,11-14H2,1-2H3. The predicted molar refractivity (Wildman–Crippen MR) is 85.3 cm³/mol. The van der Waals surface area contributed by atoms with Gasteiger partial charge in [0.15, 0.2) is 0 Å². The number of rotatable bonds is 5. The molecule has 0 amide bonds. The molecule has 1 aliphatic heterocycles. The lowest BCUT2D eigenvalue weighted by molar-refractivity contribution is -0.143. The minimum absolute atomic E-state index is 0.127. The molecule has 1 aromatic rings. The molecule has 2 unspecified atom stereocenters. The Kier molecular flexibility index (Phi) is 6.24. The normalized spacial score (nSPS) is 21.5. The number of likely N-dealkylation sites (tertiary alicyclic amines) is 1. The summed E-state index contributed by atoms with van der Waals surface area (Å²) in [6, 6.07) is 10.00. The van der Waals surface area contributed by atoms with E-state index < -0.39 is 0 Å². The lowest BCUT2D eigenvalue weighted by Crippen LogP contribution is -2.33. The van der Waals surface area contributed by atoms with Crippen molar-refractivity contribution in [2.45, 2.75) is 38.5 Å². The van der Waals surface area contributed by atoms with Crippen molar-refractivity contribution in [3.63, 3.8) is 0 Å². The molecule has 0 bridgehead atoms. The minimum Gasteiger partial charge on any atom is -0.469 e. The van der Waals surface area contributed by atoms with E-state index in [1.165, 1.54) is 32.8 Å². The van der Waals surface area contributed by atoms with E-state index in [4.69, 9.17) is 4.74 Å². The summed E-state index contributed by atoms with van der Waals surface area (Å²) in [6.07, 6.45) is 5.08. The molecular formula is C18H27NO2. The second-order valence-corrected chi connectivity index (χ2v) is 5.99. The molecular weight excluding hydrogens is 262 g/mol. The maximum atomic E-state index is 12.1. The van der Waals surface area contributed by atoms with Gasteiger partial charge in [0.05, 0.1) is 13.0 Å². The Labute approximate surface area is 128 Å². The first-order chi connectivity index (χ1) is 10.2. The van der Waals surface area contributed by atoms with Gasteiger partial charge in [-0.15, -0.1) is 0 Å². The van der Waals surface area contributed by atoms with Crippen LogP contribution in [-0.2, 0) is 9.53 Å². The highest BCUT2D eigenvalue weighted by Crippen LogP contribution is 2.24. The highest BCUT2D eigenvalue weighted by molar-refractivity contribution is 5.78. The third-order valence-electron chi connectivity index (χ3n) is 4.65. The van der Waals surface area contributed by atoms with Crippen LogP contribution in [0.1, 0.15) is 44.1 Å². The van der Waals surface area contributed by atoms with Crippen LogP contribution in [0.2, 0.25) is 0 Å². The van der Waals surface area contributed by atoms with Gasteiger partial charge in [-0.1, -0.05) is 43.7 Å².